The van der Waals surface area contributed by atoms with Gasteiger partial charge in [0.25, 0.3) is 5.91 Å². The van der Waals surface area contributed by atoms with Crippen LogP contribution in [0, 0.1) is 0 Å². The highest BCUT2D eigenvalue weighted by atomic mass is 32.2. The van der Waals surface area contributed by atoms with E-state index in [-0.39, 0.29) is 21.8 Å². The summed E-state index contributed by atoms with van der Waals surface area (Å²) in [7, 11) is -1.67. The van der Waals surface area contributed by atoms with Crippen LogP contribution in [0.15, 0.2) is 29.2 Å². The number of nitrogens with zero attached hydrogens (tertiary/aromatic N) is 1. The Labute approximate surface area is 118 Å². The number of hydrogen-bond donors (Lipinski definition) is 1. The number of rotatable bonds is 4. The lowest BCUT2D eigenvalue weighted by atomic mass is 10.2. The maximum absolute atomic E-state index is 12.1. The summed E-state index contributed by atoms with van der Waals surface area (Å²) in [6.07, 6.45) is 1.12. The monoisotopic (exact) mass is 300 g/mol. The van der Waals surface area contributed by atoms with E-state index < -0.39 is 9.84 Å². The number of nitrogens with two attached hydrogens (primary N) is 1. The molecule has 0 radical (unpaired) electrons. The van der Waals surface area contributed by atoms with Crippen LogP contribution in [-0.2, 0) is 9.84 Å². The zero-order valence-electron chi connectivity index (χ0n) is 11.0. The van der Waals surface area contributed by atoms with Crippen molar-refractivity contribution < 1.29 is 13.2 Å². The molecule has 0 spiro atoms. The van der Waals surface area contributed by atoms with Crippen LogP contribution in [0.4, 0.5) is 0 Å². The van der Waals surface area contributed by atoms with Gasteiger partial charge < -0.3 is 10.6 Å². The van der Waals surface area contributed by atoms with Gasteiger partial charge in [-0.2, -0.15) is 0 Å². The number of carbonyl (C=O) groups is 1. The molecular formula is C12H16N2O3S2. The van der Waals surface area contributed by atoms with Gasteiger partial charge in [-0.3, -0.25) is 4.79 Å². The molecule has 1 aromatic rings. The first-order chi connectivity index (χ1) is 8.64. The Morgan fingerprint density at radius 3 is 2.16 bits per heavy atom. The van der Waals surface area contributed by atoms with Crippen molar-refractivity contribution in [3.63, 3.8) is 0 Å². The second kappa shape index (κ2) is 5.66. The van der Waals surface area contributed by atoms with Gasteiger partial charge in [-0.25, -0.2) is 8.42 Å². The molecule has 1 atom stereocenters. The molecule has 19 heavy (non-hydrogen) atoms. The minimum atomic E-state index is -3.26. The smallest absolute Gasteiger partial charge is 0.254 e. The Morgan fingerprint density at radius 1 is 1.32 bits per heavy atom. The van der Waals surface area contributed by atoms with Crippen LogP contribution in [0.1, 0.15) is 17.3 Å². The summed E-state index contributed by atoms with van der Waals surface area (Å²) in [5.74, 6) is -0.264. The fraction of sp³-hybridized carbons (Fsp3) is 0.333. The molecule has 0 aromatic heterocycles. The van der Waals surface area contributed by atoms with Gasteiger partial charge in [-0.05, 0) is 31.2 Å². The predicted molar refractivity (Wildman–Crippen MR) is 77.9 cm³/mol. The molecule has 0 aliphatic heterocycles. The van der Waals surface area contributed by atoms with Crippen LogP contribution in [-0.4, -0.2) is 43.6 Å². The van der Waals surface area contributed by atoms with Crippen LogP contribution >= 0.6 is 12.2 Å². The third-order valence-electron chi connectivity index (χ3n) is 2.84. The summed E-state index contributed by atoms with van der Waals surface area (Å²) in [5.41, 5.74) is 5.88. The van der Waals surface area contributed by atoms with Crippen molar-refractivity contribution in [2.45, 2.75) is 17.9 Å². The number of sulfone groups is 1. The van der Waals surface area contributed by atoms with Gasteiger partial charge in [0.1, 0.15) is 0 Å². The summed E-state index contributed by atoms with van der Waals surface area (Å²) in [4.78, 5) is 13.9. The van der Waals surface area contributed by atoms with Gasteiger partial charge >= 0.3 is 0 Å². The molecular weight excluding hydrogens is 284 g/mol. The second-order valence-corrected chi connectivity index (χ2v) is 6.78. The van der Waals surface area contributed by atoms with Gasteiger partial charge in [0.15, 0.2) is 9.84 Å². The van der Waals surface area contributed by atoms with Gasteiger partial charge in [0.05, 0.1) is 15.9 Å². The van der Waals surface area contributed by atoms with Gasteiger partial charge in [-0.1, -0.05) is 12.2 Å². The molecule has 5 nitrogen and oxygen atoms in total. The third-order valence-corrected chi connectivity index (χ3v) is 4.31. The molecule has 0 aliphatic rings. The Hall–Kier alpha value is -1.47. The Balaban J connectivity index is 2.99. The van der Waals surface area contributed by atoms with Gasteiger partial charge in [-0.15, -0.1) is 0 Å². The van der Waals surface area contributed by atoms with Crippen molar-refractivity contribution in [1.82, 2.24) is 4.90 Å². The molecule has 0 aliphatic carbocycles. The fourth-order valence-corrected chi connectivity index (χ4v) is 2.20. The zero-order chi connectivity index (χ0) is 14.8. The number of hydrogen-bond acceptors (Lipinski definition) is 4. The first-order valence-corrected chi connectivity index (χ1v) is 7.81. The number of thiocarbonyl (C=S) groups is 1. The van der Waals surface area contributed by atoms with Crippen LogP contribution < -0.4 is 5.73 Å². The van der Waals surface area contributed by atoms with E-state index in [2.05, 4.69) is 0 Å². The molecule has 0 saturated carbocycles. The summed E-state index contributed by atoms with van der Waals surface area (Å²) in [6, 6.07) is 5.39. The second-order valence-electron chi connectivity index (χ2n) is 4.29. The summed E-state index contributed by atoms with van der Waals surface area (Å²) >= 11 is 4.84. The van der Waals surface area contributed by atoms with E-state index in [1.54, 1.807) is 14.0 Å². The normalized spacial score (nSPS) is 12.8. The van der Waals surface area contributed by atoms with Crippen molar-refractivity contribution in [3.8, 4) is 0 Å². The standard InChI is InChI=1S/C12H16N2O3S2/c1-8(11(13)18)14(2)12(15)9-4-6-10(7-5-9)19(3,16)17/h4-8H,1-3H3,(H2,13,18). The maximum atomic E-state index is 12.1. The van der Waals surface area contributed by atoms with E-state index in [0.717, 1.165) is 6.26 Å². The molecule has 0 heterocycles. The third kappa shape index (κ3) is 3.74. The van der Waals surface area contributed by atoms with E-state index in [9.17, 15) is 13.2 Å². The van der Waals surface area contributed by atoms with Crippen molar-refractivity contribution in [3.05, 3.63) is 29.8 Å². The van der Waals surface area contributed by atoms with Crippen LogP contribution in [0.3, 0.4) is 0 Å². The molecule has 1 rings (SSSR count). The molecule has 1 unspecified atom stereocenters. The van der Waals surface area contributed by atoms with E-state index in [0.29, 0.717) is 5.56 Å². The highest BCUT2D eigenvalue weighted by Crippen LogP contribution is 2.12. The van der Waals surface area contributed by atoms with Crippen LogP contribution in [0.5, 0.6) is 0 Å². The van der Waals surface area contributed by atoms with Crippen molar-refractivity contribution in [1.29, 1.82) is 0 Å². The highest BCUT2D eigenvalue weighted by molar-refractivity contribution is 7.90. The average Bonchev–Trinajstić information content (AvgIpc) is 2.35. The van der Waals surface area contributed by atoms with E-state index in [1.165, 1.54) is 29.2 Å². The van der Waals surface area contributed by atoms with E-state index in [1.807, 2.05) is 0 Å². The van der Waals surface area contributed by atoms with Crippen molar-refractivity contribution in [2.24, 2.45) is 5.73 Å². The highest BCUT2D eigenvalue weighted by Gasteiger charge is 2.19. The number of carbonyl (C=O) groups excluding carboxylic acids is 1. The minimum absolute atomic E-state index is 0.175. The lowest BCUT2D eigenvalue weighted by Gasteiger charge is -2.24. The SMILES string of the molecule is CC(C(N)=S)N(C)C(=O)c1ccc(S(C)(=O)=O)cc1. The Bertz CT molecular complexity index is 594. The lowest BCUT2D eigenvalue weighted by Crippen LogP contribution is -2.42. The molecule has 0 saturated heterocycles. The molecule has 0 bridgehead atoms. The topological polar surface area (TPSA) is 80.5 Å². The first kappa shape index (κ1) is 15.6. The summed E-state index contributed by atoms with van der Waals surface area (Å²) in [6.45, 7) is 1.73. The maximum Gasteiger partial charge on any atom is 0.254 e. The van der Waals surface area contributed by atoms with Crippen molar-refractivity contribution in [2.75, 3.05) is 13.3 Å². The molecule has 1 amide bonds. The average molecular weight is 300 g/mol. The lowest BCUT2D eigenvalue weighted by molar-refractivity contribution is 0.0779. The summed E-state index contributed by atoms with van der Waals surface area (Å²) < 4.78 is 22.6. The van der Waals surface area contributed by atoms with Crippen molar-refractivity contribution >= 4 is 33.0 Å². The number of likely N-dealkylation sites (N-methyl/N-ethyl adjacent to an activating group) is 1. The molecule has 7 heteroatoms. The largest absolute Gasteiger partial charge is 0.392 e. The predicted octanol–water partition coefficient (Wildman–Crippen LogP) is 0.837. The summed E-state index contributed by atoms with van der Waals surface area (Å²) in [5, 5.41) is 0. The van der Waals surface area contributed by atoms with E-state index >= 15 is 0 Å². The molecule has 104 valence electrons. The van der Waals surface area contributed by atoms with Crippen LogP contribution in [0.2, 0.25) is 0 Å². The molecule has 0 fully saturated rings. The number of amides is 1. The van der Waals surface area contributed by atoms with Gasteiger partial charge in [0.2, 0.25) is 0 Å². The number of benzene rings is 1. The minimum Gasteiger partial charge on any atom is -0.392 e. The first-order valence-electron chi connectivity index (χ1n) is 5.51. The van der Waals surface area contributed by atoms with E-state index in [4.69, 9.17) is 18.0 Å². The Kier molecular flexibility index (Phi) is 4.65. The fourth-order valence-electron chi connectivity index (χ4n) is 1.42. The molecule has 1 aromatic carbocycles. The Morgan fingerprint density at radius 2 is 1.79 bits per heavy atom. The van der Waals surface area contributed by atoms with Crippen LogP contribution in [0.25, 0.3) is 0 Å². The quantitative estimate of drug-likeness (QED) is 0.833. The molecule has 2 N–H and O–H groups in total. The van der Waals surface area contributed by atoms with Gasteiger partial charge in [0, 0.05) is 18.9 Å². The zero-order valence-corrected chi connectivity index (χ0v) is 12.6.